The monoisotopic (exact) mass is 326 g/mol. The average molecular weight is 326 g/mol. The molecule has 0 radical (unpaired) electrons. The standard InChI is InChI=1S/C21H26O3/c1-3-4-5-6-7-16(2)24-20-14-12-18(13-15-20)17-8-10-19(11-9-17)21(22)23/h8-16H,3-7H2,1-2H3,(H,22,23)/t16-/m0/s1. The van der Waals surface area contributed by atoms with Crippen molar-refractivity contribution in [2.45, 2.75) is 52.1 Å². The van der Waals surface area contributed by atoms with Crippen LogP contribution in [0.3, 0.4) is 0 Å². The summed E-state index contributed by atoms with van der Waals surface area (Å²) in [7, 11) is 0. The van der Waals surface area contributed by atoms with Crippen LogP contribution in [0.5, 0.6) is 5.75 Å². The summed E-state index contributed by atoms with van der Waals surface area (Å²) >= 11 is 0. The number of ether oxygens (including phenoxy) is 1. The molecule has 1 atom stereocenters. The maximum absolute atomic E-state index is 10.9. The summed E-state index contributed by atoms with van der Waals surface area (Å²) in [4.78, 5) is 10.9. The Labute approximate surface area is 144 Å². The van der Waals surface area contributed by atoms with Gasteiger partial charge in [-0.25, -0.2) is 4.79 Å². The summed E-state index contributed by atoms with van der Waals surface area (Å²) in [5, 5.41) is 8.94. The van der Waals surface area contributed by atoms with Crippen LogP contribution in [0.4, 0.5) is 0 Å². The van der Waals surface area contributed by atoms with E-state index in [1.807, 2.05) is 36.4 Å². The van der Waals surface area contributed by atoms with Crippen LogP contribution in [0.1, 0.15) is 56.3 Å². The topological polar surface area (TPSA) is 46.5 Å². The van der Waals surface area contributed by atoms with E-state index in [4.69, 9.17) is 9.84 Å². The van der Waals surface area contributed by atoms with Crippen molar-refractivity contribution < 1.29 is 14.6 Å². The maximum Gasteiger partial charge on any atom is 0.335 e. The first-order chi connectivity index (χ1) is 11.6. The first-order valence-corrected chi connectivity index (χ1v) is 8.70. The molecule has 0 aliphatic rings. The summed E-state index contributed by atoms with van der Waals surface area (Å²) in [6, 6.07) is 14.9. The van der Waals surface area contributed by atoms with Gasteiger partial charge in [-0.05, 0) is 55.2 Å². The molecule has 0 heterocycles. The van der Waals surface area contributed by atoms with Crippen molar-refractivity contribution in [1.82, 2.24) is 0 Å². The fraction of sp³-hybridized carbons (Fsp3) is 0.381. The maximum atomic E-state index is 10.9. The zero-order chi connectivity index (χ0) is 17.4. The molecule has 0 aliphatic heterocycles. The molecule has 2 aromatic rings. The predicted molar refractivity (Wildman–Crippen MR) is 97.7 cm³/mol. The molecule has 0 fully saturated rings. The van der Waals surface area contributed by atoms with Gasteiger partial charge in [-0.15, -0.1) is 0 Å². The molecule has 0 saturated carbocycles. The number of carboxylic acid groups (broad SMARTS) is 1. The lowest BCUT2D eigenvalue weighted by Gasteiger charge is -2.15. The second-order valence-corrected chi connectivity index (χ2v) is 6.18. The number of hydrogen-bond donors (Lipinski definition) is 1. The smallest absolute Gasteiger partial charge is 0.335 e. The van der Waals surface area contributed by atoms with Gasteiger partial charge < -0.3 is 9.84 Å². The van der Waals surface area contributed by atoms with Crippen molar-refractivity contribution in [1.29, 1.82) is 0 Å². The second kappa shape index (κ2) is 9.11. The Balaban J connectivity index is 1.91. The number of carbonyl (C=O) groups is 1. The summed E-state index contributed by atoms with van der Waals surface area (Å²) < 4.78 is 5.96. The molecule has 3 heteroatoms. The average Bonchev–Trinajstić information content (AvgIpc) is 2.59. The van der Waals surface area contributed by atoms with Crippen molar-refractivity contribution in [2.75, 3.05) is 0 Å². The molecular weight excluding hydrogens is 300 g/mol. The Kier molecular flexibility index (Phi) is 6.86. The molecule has 0 unspecified atom stereocenters. The SMILES string of the molecule is CCCCCC[C@H](C)Oc1ccc(-c2ccc(C(=O)O)cc2)cc1. The van der Waals surface area contributed by atoms with Crippen LogP contribution < -0.4 is 4.74 Å². The number of rotatable bonds is 9. The molecule has 2 rings (SSSR count). The van der Waals surface area contributed by atoms with Crippen LogP contribution in [-0.4, -0.2) is 17.2 Å². The highest BCUT2D eigenvalue weighted by atomic mass is 16.5. The van der Waals surface area contributed by atoms with E-state index in [0.717, 1.165) is 23.3 Å². The summed E-state index contributed by atoms with van der Waals surface area (Å²) in [6.45, 7) is 4.33. The molecule has 2 aromatic carbocycles. The first kappa shape index (κ1) is 18.1. The van der Waals surface area contributed by atoms with E-state index in [2.05, 4.69) is 13.8 Å². The van der Waals surface area contributed by atoms with E-state index in [0.29, 0.717) is 5.56 Å². The fourth-order valence-electron chi connectivity index (χ4n) is 2.68. The molecule has 3 nitrogen and oxygen atoms in total. The van der Waals surface area contributed by atoms with Gasteiger partial charge in [0.05, 0.1) is 11.7 Å². The molecule has 0 aliphatic carbocycles. The number of aromatic carboxylic acids is 1. The third-order valence-corrected chi connectivity index (χ3v) is 4.12. The van der Waals surface area contributed by atoms with Crippen molar-refractivity contribution in [3.05, 3.63) is 54.1 Å². The van der Waals surface area contributed by atoms with Crippen LogP contribution in [0.15, 0.2) is 48.5 Å². The van der Waals surface area contributed by atoms with Crippen molar-refractivity contribution in [3.63, 3.8) is 0 Å². The highest BCUT2D eigenvalue weighted by Crippen LogP contribution is 2.24. The van der Waals surface area contributed by atoms with E-state index in [9.17, 15) is 4.79 Å². The molecule has 24 heavy (non-hydrogen) atoms. The lowest BCUT2D eigenvalue weighted by atomic mass is 10.0. The molecule has 1 N–H and O–H groups in total. The molecule has 0 saturated heterocycles. The molecular formula is C21H26O3. The third-order valence-electron chi connectivity index (χ3n) is 4.12. The lowest BCUT2D eigenvalue weighted by Crippen LogP contribution is -2.11. The van der Waals surface area contributed by atoms with Gasteiger partial charge in [0.1, 0.15) is 5.75 Å². The Morgan fingerprint density at radius 2 is 1.54 bits per heavy atom. The van der Waals surface area contributed by atoms with Crippen LogP contribution in [0.2, 0.25) is 0 Å². The molecule has 0 aromatic heterocycles. The minimum absolute atomic E-state index is 0.225. The zero-order valence-electron chi connectivity index (χ0n) is 14.5. The quantitative estimate of drug-likeness (QED) is 0.593. The summed E-state index contributed by atoms with van der Waals surface area (Å²) in [5.41, 5.74) is 2.35. The number of unbranched alkanes of at least 4 members (excludes halogenated alkanes) is 3. The minimum atomic E-state index is -0.904. The van der Waals surface area contributed by atoms with Gasteiger partial charge in [0, 0.05) is 0 Å². The van der Waals surface area contributed by atoms with E-state index in [1.54, 1.807) is 12.1 Å². The number of carboxylic acids is 1. The Morgan fingerprint density at radius 1 is 0.958 bits per heavy atom. The van der Waals surface area contributed by atoms with Crippen molar-refractivity contribution in [3.8, 4) is 16.9 Å². The highest BCUT2D eigenvalue weighted by Gasteiger charge is 2.06. The molecule has 0 bridgehead atoms. The van der Waals surface area contributed by atoms with Gasteiger partial charge in [-0.1, -0.05) is 50.5 Å². The van der Waals surface area contributed by atoms with Crippen molar-refractivity contribution >= 4 is 5.97 Å². The Bertz CT molecular complexity index is 629. The van der Waals surface area contributed by atoms with Gasteiger partial charge >= 0.3 is 5.97 Å². The molecule has 0 amide bonds. The van der Waals surface area contributed by atoms with Crippen LogP contribution >= 0.6 is 0 Å². The largest absolute Gasteiger partial charge is 0.491 e. The highest BCUT2D eigenvalue weighted by molar-refractivity contribution is 5.88. The lowest BCUT2D eigenvalue weighted by molar-refractivity contribution is 0.0697. The van der Waals surface area contributed by atoms with Gasteiger partial charge in [-0.2, -0.15) is 0 Å². The Hall–Kier alpha value is -2.29. The van der Waals surface area contributed by atoms with Gasteiger partial charge in [0.15, 0.2) is 0 Å². The van der Waals surface area contributed by atoms with E-state index < -0.39 is 5.97 Å². The summed E-state index contributed by atoms with van der Waals surface area (Å²) in [6.07, 6.45) is 6.34. The van der Waals surface area contributed by atoms with E-state index in [1.165, 1.54) is 25.7 Å². The summed E-state index contributed by atoms with van der Waals surface area (Å²) in [5.74, 6) is -0.0258. The predicted octanol–water partition coefficient (Wildman–Crippen LogP) is 5.79. The molecule has 128 valence electrons. The second-order valence-electron chi connectivity index (χ2n) is 6.18. The Morgan fingerprint density at radius 3 is 2.08 bits per heavy atom. The fourth-order valence-corrected chi connectivity index (χ4v) is 2.68. The third kappa shape index (κ3) is 5.41. The molecule has 0 spiro atoms. The van der Waals surface area contributed by atoms with Crippen LogP contribution in [-0.2, 0) is 0 Å². The van der Waals surface area contributed by atoms with Gasteiger partial charge in [-0.3, -0.25) is 0 Å². The van der Waals surface area contributed by atoms with E-state index in [-0.39, 0.29) is 6.10 Å². The number of benzene rings is 2. The van der Waals surface area contributed by atoms with Gasteiger partial charge in [0.25, 0.3) is 0 Å². The zero-order valence-corrected chi connectivity index (χ0v) is 14.5. The van der Waals surface area contributed by atoms with Crippen LogP contribution in [0.25, 0.3) is 11.1 Å². The van der Waals surface area contributed by atoms with Crippen LogP contribution in [0, 0.1) is 0 Å². The first-order valence-electron chi connectivity index (χ1n) is 8.70. The number of hydrogen-bond acceptors (Lipinski definition) is 2. The normalized spacial score (nSPS) is 11.9. The van der Waals surface area contributed by atoms with E-state index >= 15 is 0 Å². The van der Waals surface area contributed by atoms with Gasteiger partial charge in [0.2, 0.25) is 0 Å². The van der Waals surface area contributed by atoms with Crippen molar-refractivity contribution in [2.24, 2.45) is 0 Å². The minimum Gasteiger partial charge on any atom is -0.491 e.